The van der Waals surface area contributed by atoms with Crippen LogP contribution in [0.25, 0.3) is 10.9 Å². The summed E-state index contributed by atoms with van der Waals surface area (Å²) in [5, 5.41) is 8.31. The van der Waals surface area contributed by atoms with Gasteiger partial charge in [-0.2, -0.15) is 10.6 Å². The number of nitrogens with one attached hydrogen (secondary N) is 2. The summed E-state index contributed by atoms with van der Waals surface area (Å²) in [5.74, 6) is 1.86. The second-order valence-electron chi connectivity index (χ2n) is 9.02. The number of anilines is 2. The summed E-state index contributed by atoms with van der Waals surface area (Å²) in [6.07, 6.45) is 2.39. The van der Waals surface area contributed by atoms with Gasteiger partial charge in [0, 0.05) is 36.8 Å². The average molecular weight is 453 g/mol. The van der Waals surface area contributed by atoms with Crippen LogP contribution >= 0.6 is 10.6 Å². The van der Waals surface area contributed by atoms with E-state index in [1.807, 2.05) is 24.3 Å². The summed E-state index contributed by atoms with van der Waals surface area (Å²) in [6.45, 7) is 6.41. The molecule has 1 fully saturated rings. The average Bonchev–Trinajstić information content (AvgIpc) is 2.94. The van der Waals surface area contributed by atoms with E-state index in [0.717, 1.165) is 47.6 Å². The molecule has 5 rings (SSSR count). The minimum Gasteiger partial charge on any atom is -0.384 e. The number of aryl methyl sites for hydroxylation is 1. The monoisotopic (exact) mass is 452 g/mol. The Morgan fingerprint density at radius 3 is 2.78 bits per heavy atom. The first-order valence-electron chi connectivity index (χ1n) is 11.4. The lowest BCUT2D eigenvalue weighted by molar-refractivity contribution is 0.390. The number of benzene rings is 2. The van der Waals surface area contributed by atoms with E-state index in [2.05, 4.69) is 46.7 Å². The summed E-state index contributed by atoms with van der Waals surface area (Å²) < 4.78 is 21.5. The predicted molar refractivity (Wildman–Crippen MR) is 134 cm³/mol. The van der Waals surface area contributed by atoms with Gasteiger partial charge >= 0.3 is 0 Å². The minimum atomic E-state index is -2.79. The second kappa shape index (κ2) is 8.90. The second-order valence-corrected chi connectivity index (χ2v) is 11.2. The molecule has 3 heterocycles. The zero-order valence-corrected chi connectivity index (χ0v) is 19.4. The van der Waals surface area contributed by atoms with Gasteiger partial charge in [-0.25, -0.2) is 4.98 Å². The molecule has 0 spiro atoms. The molecule has 0 bridgehead atoms. The third kappa shape index (κ3) is 4.43. The molecule has 1 aromatic heterocycles. The minimum absolute atomic E-state index is 0.315. The van der Waals surface area contributed by atoms with Crippen LogP contribution in [0.1, 0.15) is 24.0 Å². The van der Waals surface area contributed by atoms with Crippen molar-refractivity contribution in [2.24, 2.45) is 5.92 Å². The topological polar surface area (TPSA) is 80.7 Å². The lowest BCUT2D eigenvalue weighted by atomic mass is 9.98. The summed E-state index contributed by atoms with van der Waals surface area (Å²) in [5.41, 5.74) is 4.25. The fraction of sp³-hybridized carbons (Fsp3) is 0.400. The first-order chi connectivity index (χ1) is 15.5. The highest BCUT2D eigenvalue weighted by molar-refractivity contribution is 8.24. The molecule has 6 nitrogen and oxygen atoms in total. The van der Waals surface area contributed by atoms with Crippen LogP contribution in [0.4, 0.5) is 11.5 Å². The Balaban J connectivity index is 1.49. The number of piperidine rings is 1. The Morgan fingerprint density at radius 1 is 1.12 bits per heavy atom. The quantitative estimate of drug-likeness (QED) is 0.442. The van der Waals surface area contributed by atoms with Gasteiger partial charge in [0.25, 0.3) is 0 Å². The van der Waals surface area contributed by atoms with Gasteiger partial charge in [-0.05, 0) is 62.5 Å². The molecule has 0 radical (unpaired) electrons. The number of hydrogen-bond donors (Lipinski definition) is 4. The number of rotatable bonds is 4. The number of nitrogens with zero attached hydrogens (tertiary/aromatic N) is 2. The number of fused-ring (bicyclic) bond motifs is 2. The van der Waals surface area contributed by atoms with Crippen molar-refractivity contribution in [1.29, 1.82) is 0 Å². The van der Waals surface area contributed by atoms with Crippen molar-refractivity contribution in [3.05, 3.63) is 59.7 Å². The lowest BCUT2D eigenvalue weighted by Crippen LogP contribution is -2.31. The summed E-state index contributed by atoms with van der Waals surface area (Å²) in [4.78, 5) is 7.82. The maximum atomic E-state index is 10.7. The lowest BCUT2D eigenvalue weighted by Gasteiger charge is -2.32. The SMILES string of the molecule is Cc1ccc2nc(N3CCS(O)(O)c4ccccc4C3)cc(NCC3CCNCC3)c2c1. The molecule has 0 unspecified atom stereocenters. The molecule has 2 aliphatic rings. The van der Waals surface area contributed by atoms with Gasteiger partial charge in [0.05, 0.1) is 16.2 Å². The van der Waals surface area contributed by atoms with Gasteiger partial charge < -0.3 is 15.5 Å². The van der Waals surface area contributed by atoms with Crippen molar-refractivity contribution in [2.45, 2.75) is 31.2 Å². The Bertz CT molecular complexity index is 1110. The van der Waals surface area contributed by atoms with Crippen LogP contribution < -0.4 is 15.5 Å². The van der Waals surface area contributed by atoms with Crippen molar-refractivity contribution in [3.63, 3.8) is 0 Å². The molecule has 2 aromatic carbocycles. The smallest absolute Gasteiger partial charge is 0.131 e. The molecule has 32 heavy (non-hydrogen) atoms. The van der Waals surface area contributed by atoms with Gasteiger partial charge in [0.15, 0.2) is 0 Å². The Kier molecular flexibility index (Phi) is 5.99. The van der Waals surface area contributed by atoms with Gasteiger partial charge in [0.2, 0.25) is 0 Å². The molecule has 1 saturated heterocycles. The normalized spacial score (nSPS) is 19.9. The van der Waals surface area contributed by atoms with E-state index in [1.165, 1.54) is 18.4 Å². The third-order valence-electron chi connectivity index (χ3n) is 6.65. The maximum Gasteiger partial charge on any atom is 0.131 e. The number of hydrogen-bond acceptors (Lipinski definition) is 6. The predicted octanol–water partition coefficient (Wildman–Crippen LogP) is 5.08. The van der Waals surface area contributed by atoms with Crippen LogP contribution in [0.5, 0.6) is 0 Å². The van der Waals surface area contributed by atoms with E-state index in [4.69, 9.17) is 4.98 Å². The summed E-state index contributed by atoms with van der Waals surface area (Å²) >= 11 is 0. The van der Waals surface area contributed by atoms with Crippen molar-refractivity contribution in [1.82, 2.24) is 10.3 Å². The highest BCUT2D eigenvalue weighted by Gasteiger charge is 2.26. The van der Waals surface area contributed by atoms with E-state index < -0.39 is 10.6 Å². The maximum absolute atomic E-state index is 10.7. The first-order valence-corrected chi connectivity index (χ1v) is 13.2. The van der Waals surface area contributed by atoms with E-state index in [0.29, 0.717) is 29.7 Å². The molecule has 0 aliphatic carbocycles. The molecule has 4 N–H and O–H groups in total. The molecule has 0 amide bonds. The van der Waals surface area contributed by atoms with Crippen LogP contribution in [0.2, 0.25) is 0 Å². The Hall–Kier alpha value is -2.32. The van der Waals surface area contributed by atoms with Gasteiger partial charge in [0.1, 0.15) is 5.82 Å². The standard InChI is InChI=1S/C25H32N4O2S/c1-18-6-7-22-21(14-18)23(27-16-19-8-10-26-11-9-19)15-25(28-22)29-12-13-32(30,31)24-5-3-2-4-20(24)17-29/h2-7,14-15,19,26,30-31H,8-13,16-17H2,1H3,(H,27,28). The molecule has 0 atom stereocenters. The first kappa shape index (κ1) is 21.5. The van der Waals surface area contributed by atoms with Crippen LogP contribution in [0.3, 0.4) is 0 Å². The van der Waals surface area contributed by atoms with E-state index >= 15 is 0 Å². The van der Waals surface area contributed by atoms with Crippen LogP contribution in [-0.2, 0) is 6.54 Å². The molecule has 2 aliphatic heterocycles. The Labute approximate surface area is 191 Å². The molecule has 170 valence electrons. The van der Waals surface area contributed by atoms with E-state index in [1.54, 1.807) is 0 Å². The number of aromatic nitrogens is 1. The van der Waals surface area contributed by atoms with Crippen molar-refractivity contribution >= 4 is 33.0 Å². The van der Waals surface area contributed by atoms with Gasteiger partial charge in [-0.15, -0.1) is 0 Å². The van der Waals surface area contributed by atoms with Crippen LogP contribution in [0, 0.1) is 12.8 Å². The van der Waals surface area contributed by atoms with Gasteiger partial charge in [-0.1, -0.05) is 29.8 Å². The fourth-order valence-electron chi connectivity index (χ4n) is 4.76. The molecule has 0 saturated carbocycles. The summed E-state index contributed by atoms with van der Waals surface area (Å²) in [6, 6.07) is 16.2. The van der Waals surface area contributed by atoms with E-state index in [-0.39, 0.29) is 0 Å². The number of pyridine rings is 1. The highest BCUT2D eigenvalue weighted by atomic mass is 32.3. The molecular weight excluding hydrogens is 420 g/mol. The van der Waals surface area contributed by atoms with Crippen molar-refractivity contribution in [2.75, 3.05) is 42.1 Å². The highest BCUT2D eigenvalue weighted by Crippen LogP contribution is 2.51. The summed E-state index contributed by atoms with van der Waals surface area (Å²) in [7, 11) is -2.79. The van der Waals surface area contributed by atoms with Crippen molar-refractivity contribution < 1.29 is 9.11 Å². The molecule has 3 aromatic rings. The Morgan fingerprint density at radius 2 is 1.94 bits per heavy atom. The zero-order valence-electron chi connectivity index (χ0n) is 18.6. The van der Waals surface area contributed by atoms with Crippen LogP contribution in [-0.4, -0.2) is 46.0 Å². The van der Waals surface area contributed by atoms with E-state index in [9.17, 15) is 9.11 Å². The molecular formula is C25H32N4O2S. The largest absolute Gasteiger partial charge is 0.384 e. The van der Waals surface area contributed by atoms with Gasteiger partial charge in [-0.3, -0.25) is 9.11 Å². The third-order valence-corrected chi connectivity index (χ3v) is 8.50. The molecule has 7 heteroatoms. The fourth-order valence-corrected chi connectivity index (χ4v) is 6.30. The zero-order chi connectivity index (χ0) is 22.1. The van der Waals surface area contributed by atoms with Crippen LogP contribution in [0.15, 0.2) is 53.4 Å². The van der Waals surface area contributed by atoms with Crippen molar-refractivity contribution in [3.8, 4) is 0 Å².